The molecule has 572 valence electrons. The van der Waals surface area contributed by atoms with E-state index in [2.05, 4.69) is 82.6 Å². The molecule has 7 heterocycles. The van der Waals surface area contributed by atoms with Gasteiger partial charge in [0.15, 0.2) is 0 Å². The highest BCUT2D eigenvalue weighted by Crippen LogP contribution is 2.34. The molecule has 3 amide bonds. The van der Waals surface area contributed by atoms with E-state index in [1.54, 1.807) is 55.5 Å². The molecular weight excluding hydrogens is 1410 g/mol. The van der Waals surface area contributed by atoms with Crippen LogP contribution in [-0.4, -0.2) is 124 Å². The number of nitrogens with two attached hydrogens (primary N) is 2. The lowest BCUT2D eigenvalue weighted by atomic mass is 10.0. The maximum Gasteiger partial charge on any atom is 0.352 e. The van der Waals surface area contributed by atoms with Gasteiger partial charge in [-0.25, -0.2) is 22.4 Å². The fourth-order valence-corrected chi connectivity index (χ4v) is 15.5. The zero-order valence-electron chi connectivity index (χ0n) is 62.9. The largest absolute Gasteiger partial charge is 0.477 e. The summed E-state index contributed by atoms with van der Waals surface area (Å²) in [4.78, 5) is 65.0. The molecule has 13 aromatic rings. The quantitative estimate of drug-likeness (QED) is 0.0341. The summed E-state index contributed by atoms with van der Waals surface area (Å²) in [7, 11) is 0. The first-order chi connectivity index (χ1) is 53.7. The first-order valence-corrected chi connectivity index (χ1v) is 37.9. The molecule has 17 nitrogen and oxygen atoms in total. The molecule has 16 rings (SSSR count). The van der Waals surface area contributed by atoms with E-state index in [4.69, 9.17) is 16.6 Å². The number of carboxylic acid groups (broad SMARTS) is 1. The Labute approximate surface area is 642 Å². The van der Waals surface area contributed by atoms with Crippen LogP contribution in [-0.2, 0) is 6.54 Å². The molecule has 6 atom stereocenters. The van der Waals surface area contributed by atoms with Crippen LogP contribution in [0.3, 0.4) is 0 Å². The second-order valence-electron chi connectivity index (χ2n) is 29.5. The van der Waals surface area contributed by atoms with Crippen LogP contribution in [0.2, 0.25) is 0 Å². The third kappa shape index (κ3) is 18.4. The standard InChI is InChI=1S/C30H32FN3O.2C22H25FN4O.C16H12FNO2/c1-3-21-15-26(34(18-21)19-22-7-5-4-6-8-22)17-32-30(35)29-20(2)27-14-11-24(16-28(27)33-29)23-9-12-25(31)13-10-23;2*1-13-19-7-4-16(15-2-5-17(23)6-3-15)9-20(19)27-21(13)22(28)26-12-18-8-14(10-24)11-25-18;1-9-13-7-4-11(10-2-5-12(17)6-3-10)8-14(13)18-15(9)16(19)20/h4-14,16,21,26,33H,3,15,17-19H2,1-2H3,(H,32,35);2*2-7,9,14,18,25,27H,8,10-12,24H2,1H3,(H,26,28);2-8,18H,1H3,(H,19,20)/t21-,26-;2*14-,18+;/m011./s1. The number of hydrogen-bond donors (Lipinski definition) is 12. The summed E-state index contributed by atoms with van der Waals surface area (Å²) in [6, 6.07) is 60.6. The van der Waals surface area contributed by atoms with Crippen molar-refractivity contribution < 1.29 is 41.8 Å². The molecule has 3 fully saturated rings. The highest BCUT2D eigenvalue weighted by molar-refractivity contribution is 6.04. The number of carboxylic acids is 1. The van der Waals surface area contributed by atoms with Crippen molar-refractivity contribution in [1.29, 1.82) is 0 Å². The minimum absolute atomic E-state index is 0.0679. The summed E-state index contributed by atoms with van der Waals surface area (Å²) < 4.78 is 52.6. The van der Waals surface area contributed by atoms with Gasteiger partial charge in [-0.1, -0.05) is 141 Å². The molecular formula is C90H94F4N12O5. The Kier molecular flexibility index (Phi) is 24.5. The molecule has 4 aromatic heterocycles. The number of aromatic nitrogens is 4. The smallest absolute Gasteiger partial charge is 0.352 e. The fraction of sp³-hybridized carbons (Fsp3) is 0.267. The molecule has 3 saturated heterocycles. The van der Waals surface area contributed by atoms with E-state index in [1.807, 2.05) is 99.6 Å². The molecule has 111 heavy (non-hydrogen) atoms. The lowest BCUT2D eigenvalue weighted by Gasteiger charge is -2.24. The van der Waals surface area contributed by atoms with Gasteiger partial charge in [-0.15, -0.1) is 0 Å². The molecule has 0 saturated carbocycles. The number of carbonyl (C=O) groups is 4. The molecule has 21 heteroatoms. The maximum atomic E-state index is 13.3. The van der Waals surface area contributed by atoms with Crippen molar-refractivity contribution in [3.63, 3.8) is 0 Å². The monoisotopic (exact) mass is 1500 g/mol. The first kappa shape index (κ1) is 77.7. The second-order valence-corrected chi connectivity index (χ2v) is 29.5. The fourth-order valence-electron chi connectivity index (χ4n) is 15.5. The Hall–Kier alpha value is -11.5. The molecule has 0 aliphatic carbocycles. The number of H-pyrrole nitrogens is 4. The summed E-state index contributed by atoms with van der Waals surface area (Å²) in [5, 5.41) is 29.1. The number of rotatable bonds is 19. The van der Waals surface area contributed by atoms with Crippen LogP contribution in [0.1, 0.15) is 102 Å². The third-order valence-electron chi connectivity index (χ3n) is 22.1. The van der Waals surface area contributed by atoms with Crippen molar-refractivity contribution in [3.05, 3.63) is 274 Å². The van der Waals surface area contributed by atoms with Crippen LogP contribution in [0, 0.1) is 68.7 Å². The lowest BCUT2D eigenvalue weighted by molar-refractivity contribution is 0.0689. The molecule has 14 N–H and O–H groups in total. The van der Waals surface area contributed by atoms with Crippen LogP contribution in [0.4, 0.5) is 17.6 Å². The van der Waals surface area contributed by atoms with Crippen molar-refractivity contribution >= 4 is 67.3 Å². The van der Waals surface area contributed by atoms with Crippen LogP contribution in [0.15, 0.2) is 200 Å². The van der Waals surface area contributed by atoms with Gasteiger partial charge >= 0.3 is 5.97 Å². The van der Waals surface area contributed by atoms with Crippen LogP contribution < -0.4 is 38.1 Å². The normalized spacial score (nSPS) is 17.4. The number of aromatic amines is 4. The van der Waals surface area contributed by atoms with Gasteiger partial charge in [0.25, 0.3) is 17.7 Å². The van der Waals surface area contributed by atoms with Crippen molar-refractivity contribution in [2.45, 2.75) is 85.0 Å². The minimum Gasteiger partial charge on any atom is -0.477 e. The van der Waals surface area contributed by atoms with Crippen LogP contribution in [0.5, 0.6) is 0 Å². The predicted molar refractivity (Wildman–Crippen MR) is 435 cm³/mol. The molecule has 3 aliphatic heterocycles. The average Bonchev–Trinajstić information content (AvgIpc) is 1.66. The first-order valence-electron chi connectivity index (χ1n) is 37.9. The van der Waals surface area contributed by atoms with Gasteiger partial charge in [0.05, 0.1) is 0 Å². The Morgan fingerprint density at radius 2 is 0.730 bits per heavy atom. The van der Waals surface area contributed by atoms with E-state index >= 15 is 0 Å². The van der Waals surface area contributed by atoms with E-state index in [9.17, 15) is 36.7 Å². The molecule has 9 aromatic carbocycles. The van der Waals surface area contributed by atoms with Gasteiger partial charge in [-0.05, 0) is 236 Å². The number of hydrogen-bond acceptors (Lipinski definition) is 9. The lowest BCUT2D eigenvalue weighted by Crippen LogP contribution is -2.40. The molecule has 0 spiro atoms. The Morgan fingerprint density at radius 3 is 1.05 bits per heavy atom. The number of nitrogens with zero attached hydrogens (tertiary/aromatic N) is 1. The Morgan fingerprint density at radius 1 is 0.414 bits per heavy atom. The van der Waals surface area contributed by atoms with E-state index in [1.165, 1.54) is 54.1 Å². The number of halogens is 4. The van der Waals surface area contributed by atoms with Gasteiger partial charge in [0, 0.05) is 94.5 Å². The summed E-state index contributed by atoms with van der Waals surface area (Å²) in [5.74, 6) is -0.640. The van der Waals surface area contributed by atoms with Crippen molar-refractivity contribution in [3.8, 4) is 44.5 Å². The zero-order valence-corrected chi connectivity index (χ0v) is 62.9. The summed E-state index contributed by atoms with van der Waals surface area (Å²) in [5.41, 5.74) is 29.3. The minimum atomic E-state index is -0.970. The highest BCUT2D eigenvalue weighted by Gasteiger charge is 2.32. The van der Waals surface area contributed by atoms with Gasteiger partial charge in [0.1, 0.15) is 46.0 Å². The third-order valence-corrected chi connectivity index (χ3v) is 22.1. The summed E-state index contributed by atoms with van der Waals surface area (Å²) in [6.45, 7) is 16.9. The number of carbonyl (C=O) groups excluding carboxylic acids is 3. The number of aromatic carboxylic acids is 1. The van der Waals surface area contributed by atoms with Gasteiger partial charge in [-0.3, -0.25) is 19.3 Å². The number of fused-ring (bicyclic) bond motifs is 4. The number of likely N-dealkylation sites (tertiary alicyclic amines) is 1. The summed E-state index contributed by atoms with van der Waals surface area (Å²) >= 11 is 0. The van der Waals surface area contributed by atoms with Crippen molar-refractivity contribution in [2.24, 2.45) is 29.2 Å². The average molecular weight is 1500 g/mol. The van der Waals surface area contributed by atoms with E-state index < -0.39 is 5.97 Å². The van der Waals surface area contributed by atoms with E-state index in [-0.39, 0.29) is 58.8 Å². The molecule has 0 bridgehead atoms. The Balaban J connectivity index is 0.000000132. The van der Waals surface area contributed by atoms with Crippen LogP contribution in [0.25, 0.3) is 88.1 Å². The number of amides is 3. The highest BCUT2D eigenvalue weighted by atomic mass is 19.1. The van der Waals surface area contributed by atoms with Crippen molar-refractivity contribution in [1.82, 2.24) is 51.4 Å². The van der Waals surface area contributed by atoms with Crippen molar-refractivity contribution in [2.75, 3.05) is 52.4 Å². The number of nitrogens with one attached hydrogen (secondary N) is 9. The van der Waals surface area contributed by atoms with Gasteiger partial charge in [0.2, 0.25) is 0 Å². The topological polar surface area (TPSA) is 267 Å². The van der Waals surface area contributed by atoms with Gasteiger partial charge in [-0.2, -0.15) is 0 Å². The van der Waals surface area contributed by atoms with E-state index in [0.29, 0.717) is 73.6 Å². The number of aryl methyl sites for hydroxylation is 4. The van der Waals surface area contributed by atoms with Crippen LogP contribution >= 0.6 is 0 Å². The molecule has 3 aliphatic rings. The predicted octanol–water partition coefficient (Wildman–Crippen LogP) is 16.2. The SMILES string of the molecule is CC[C@H]1C[C@@H](CNC(=O)c2[nH]c3cc(-c4ccc(F)cc4)ccc3c2C)N(Cc2ccccc2)C1.Cc1c(C(=O)NC[C@@H]2C[C@H](CN)CN2)[nH]c2cc(-c3ccc(F)cc3)ccc12.Cc1c(C(=O)NC[C@@H]2C[C@H](CN)CN2)[nH]c2cc(-c3ccc(F)cc3)ccc12.Cc1c(C(=O)O)[nH]c2cc(-c3ccc(F)cc3)ccc12. The molecule has 0 unspecified atom stereocenters. The summed E-state index contributed by atoms with van der Waals surface area (Å²) in [6.07, 6.45) is 4.25. The van der Waals surface area contributed by atoms with Gasteiger partial charge < -0.3 is 63.1 Å². The Bertz CT molecular complexity index is 5280. The maximum absolute atomic E-state index is 13.3. The second kappa shape index (κ2) is 35.1. The molecule has 0 radical (unpaired) electrons. The number of benzene rings is 9. The zero-order chi connectivity index (χ0) is 78.0. The van der Waals surface area contributed by atoms with E-state index in [0.717, 1.165) is 162 Å².